The van der Waals surface area contributed by atoms with Gasteiger partial charge in [-0.05, 0) is 13.8 Å². The van der Waals surface area contributed by atoms with Crippen LogP contribution in [0.2, 0.25) is 0 Å². The molecule has 1 aromatic rings. The third-order valence-electron chi connectivity index (χ3n) is 1.39. The number of amides is 1. The van der Waals surface area contributed by atoms with Crippen LogP contribution < -0.4 is 11.1 Å². The predicted octanol–water partition coefficient (Wildman–Crippen LogP) is 1.13. The highest BCUT2D eigenvalue weighted by Gasteiger charge is 2.12. The van der Waals surface area contributed by atoms with Gasteiger partial charge in [-0.1, -0.05) is 5.16 Å². The van der Waals surface area contributed by atoms with Crippen molar-refractivity contribution < 1.29 is 14.1 Å². The summed E-state index contributed by atoms with van der Waals surface area (Å²) < 4.78 is 9.38. The molecule has 0 saturated heterocycles. The Morgan fingerprint density at radius 2 is 2.46 bits per heavy atom. The summed E-state index contributed by atoms with van der Waals surface area (Å²) in [4.78, 5) is 11.0. The third kappa shape index (κ3) is 2.11. The average molecular weight is 185 g/mol. The highest BCUT2D eigenvalue weighted by Crippen LogP contribution is 2.21. The maximum atomic E-state index is 11.0. The first-order valence-corrected chi connectivity index (χ1v) is 3.80. The third-order valence-corrected chi connectivity index (χ3v) is 1.39. The molecule has 0 fully saturated rings. The summed E-state index contributed by atoms with van der Waals surface area (Å²) in [5.41, 5.74) is 5.77. The number of aromatic nitrogens is 1. The molecule has 1 heterocycles. The van der Waals surface area contributed by atoms with Crippen LogP contribution in [0.5, 0.6) is 0 Å². The van der Waals surface area contributed by atoms with Gasteiger partial charge in [-0.2, -0.15) is 0 Å². The van der Waals surface area contributed by atoms with Gasteiger partial charge in [0.1, 0.15) is 5.69 Å². The molecular weight excluding hydrogens is 174 g/mol. The van der Waals surface area contributed by atoms with Crippen LogP contribution in [0.4, 0.5) is 16.3 Å². The number of hydrogen-bond donors (Lipinski definition) is 2. The molecule has 0 aliphatic rings. The summed E-state index contributed by atoms with van der Waals surface area (Å²) in [5.74, 6) is 0.594. The number of ether oxygens (including phenoxy) is 1. The number of aryl methyl sites for hydroxylation is 1. The van der Waals surface area contributed by atoms with Crippen molar-refractivity contribution in [2.45, 2.75) is 13.8 Å². The molecule has 72 valence electrons. The number of carbonyl (C=O) groups is 1. The van der Waals surface area contributed by atoms with Gasteiger partial charge in [-0.3, -0.25) is 5.32 Å². The second-order valence-corrected chi connectivity index (χ2v) is 2.34. The first kappa shape index (κ1) is 9.37. The second-order valence-electron chi connectivity index (χ2n) is 2.34. The van der Waals surface area contributed by atoms with Crippen LogP contribution in [-0.4, -0.2) is 17.9 Å². The van der Waals surface area contributed by atoms with E-state index in [-0.39, 0.29) is 5.82 Å². The van der Waals surface area contributed by atoms with Gasteiger partial charge in [-0.25, -0.2) is 4.79 Å². The van der Waals surface area contributed by atoms with Gasteiger partial charge in [-0.15, -0.1) is 0 Å². The van der Waals surface area contributed by atoms with Crippen LogP contribution in [0.1, 0.15) is 12.7 Å². The van der Waals surface area contributed by atoms with Crippen LogP contribution in [0.3, 0.4) is 0 Å². The van der Waals surface area contributed by atoms with Gasteiger partial charge < -0.3 is 15.0 Å². The van der Waals surface area contributed by atoms with Crippen molar-refractivity contribution in [3.05, 3.63) is 5.76 Å². The molecular formula is C7H11N3O3. The number of anilines is 2. The molecule has 0 aliphatic heterocycles. The van der Waals surface area contributed by atoms with Gasteiger partial charge >= 0.3 is 6.09 Å². The Kier molecular flexibility index (Phi) is 2.73. The van der Waals surface area contributed by atoms with E-state index in [4.69, 9.17) is 10.3 Å². The van der Waals surface area contributed by atoms with E-state index in [9.17, 15) is 4.79 Å². The maximum absolute atomic E-state index is 11.0. The Labute approximate surface area is 75.0 Å². The Hall–Kier alpha value is -1.72. The normalized spacial score (nSPS) is 9.69. The topological polar surface area (TPSA) is 90.4 Å². The lowest BCUT2D eigenvalue weighted by atomic mass is 10.4. The molecule has 3 N–H and O–H groups in total. The van der Waals surface area contributed by atoms with Crippen molar-refractivity contribution in [3.8, 4) is 0 Å². The van der Waals surface area contributed by atoms with E-state index in [1.165, 1.54) is 0 Å². The van der Waals surface area contributed by atoms with Crippen LogP contribution >= 0.6 is 0 Å². The average Bonchev–Trinajstić information content (AvgIpc) is 2.36. The van der Waals surface area contributed by atoms with Crippen LogP contribution in [-0.2, 0) is 4.74 Å². The highest BCUT2D eigenvalue weighted by atomic mass is 16.5. The molecule has 0 aromatic carbocycles. The standard InChI is InChI=1S/C7H11N3O3/c1-3-12-7(11)9-5-4(2)13-10-6(5)8/h3H2,1-2H3,(H2,8,10)(H,9,11). The molecule has 6 nitrogen and oxygen atoms in total. The fourth-order valence-electron chi connectivity index (χ4n) is 0.811. The molecule has 6 heteroatoms. The first-order chi connectivity index (χ1) is 6.15. The minimum absolute atomic E-state index is 0.144. The first-order valence-electron chi connectivity index (χ1n) is 3.80. The lowest BCUT2D eigenvalue weighted by Gasteiger charge is -2.02. The highest BCUT2D eigenvalue weighted by molar-refractivity contribution is 5.88. The number of hydrogen-bond acceptors (Lipinski definition) is 5. The lowest BCUT2D eigenvalue weighted by molar-refractivity contribution is 0.168. The fraction of sp³-hybridized carbons (Fsp3) is 0.429. The zero-order valence-electron chi connectivity index (χ0n) is 7.46. The second kappa shape index (κ2) is 3.79. The Morgan fingerprint density at radius 1 is 1.77 bits per heavy atom. The number of nitrogens with one attached hydrogen (secondary N) is 1. The summed E-state index contributed by atoms with van der Waals surface area (Å²) in [6.45, 7) is 3.66. The van der Waals surface area contributed by atoms with E-state index in [1.54, 1.807) is 13.8 Å². The minimum Gasteiger partial charge on any atom is -0.450 e. The van der Waals surface area contributed by atoms with Crippen molar-refractivity contribution in [2.24, 2.45) is 0 Å². The number of nitrogens with two attached hydrogens (primary N) is 1. The molecule has 1 aromatic heterocycles. The Bertz CT molecular complexity index is 288. The predicted molar refractivity (Wildman–Crippen MR) is 46.3 cm³/mol. The van der Waals surface area contributed by atoms with Crippen molar-refractivity contribution in [1.82, 2.24) is 5.16 Å². The number of nitrogens with zero attached hydrogens (tertiary/aromatic N) is 1. The summed E-state index contributed by atoms with van der Waals surface area (Å²) in [7, 11) is 0. The SMILES string of the molecule is CCOC(=O)Nc1c(N)noc1C. The summed E-state index contributed by atoms with van der Waals surface area (Å²) >= 11 is 0. The molecule has 0 unspecified atom stereocenters. The Morgan fingerprint density at radius 3 is 2.92 bits per heavy atom. The molecule has 0 bridgehead atoms. The van der Waals surface area contributed by atoms with Gasteiger partial charge in [0.05, 0.1) is 6.61 Å². The van der Waals surface area contributed by atoms with E-state index in [0.717, 1.165) is 0 Å². The molecule has 13 heavy (non-hydrogen) atoms. The molecule has 1 rings (SSSR count). The van der Waals surface area contributed by atoms with Crippen LogP contribution in [0.15, 0.2) is 4.52 Å². The molecule has 0 atom stereocenters. The van der Waals surface area contributed by atoms with E-state index in [0.29, 0.717) is 18.1 Å². The molecule has 1 amide bonds. The molecule has 0 radical (unpaired) electrons. The van der Waals surface area contributed by atoms with Crippen molar-refractivity contribution >= 4 is 17.6 Å². The van der Waals surface area contributed by atoms with Gasteiger partial charge in [0, 0.05) is 0 Å². The van der Waals surface area contributed by atoms with Crippen molar-refractivity contribution in [2.75, 3.05) is 17.7 Å². The number of nitrogen functional groups attached to an aromatic ring is 1. The van der Waals surface area contributed by atoms with E-state index < -0.39 is 6.09 Å². The zero-order chi connectivity index (χ0) is 9.84. The fourth-order valence-corrected chi connectivity index (χ4v) is 0.811. The smallest absolute Gasteiger partial charge is 0.411 e. The van der Waals surface area contributed by atoms with Crippen LogP contribution in [0, 0.1) is 6.92 Å². The largest absolute Gasteiger partial charge is 0.450 e. The maximum Gasteiger partial charge on any atom is 0.411 e. The minimum atomic E-state index is -0.569. The van der Waals surface area contributed by atoms with Crippen LogP contribution in [0.25, 0.3) is 0 Å². The van der Waals surface area contributed by atoms with Crippen molar-refractivity contribution in [1.29, 1.82) is 0 Å². The zero-order valence-corrected chi connectivity index (χ0v) is 7.46. The summed E-state index contributed by atoms with van der Waals surface area (Å²) in [6.07, 6.45) is -0.569. The number of rotatable bonds is 2. The van der Waals surface area contributed by atoms with E-state index >= 15 is 0 Å². The molecule has 0 aliphatic carbocycles. The lowest BCUT2D eigenvalue weighted by Crippen LogP contribution is -2.14. The quantitative estimate of drug-likeness (QED) is 0.720. The van der Waals surface area contributed by atoms with Gasteiger partial charge in [0.25, 0.3) is 0 Å². The molecule has 0 spiro atoms. The van der Waals surface area contributed by atoms with Gasteiger partial charge in [0.2, 0.25) is 0 Å². The Balaban J connectivity index is 2.68. The van der Waals surface area contributed by atoms with Gasteiger partial charge in [0.15, 0.2) is 11.6 Å². The van der Waals surface area contributed by atoms with Crippen molar-refractivity contribution in [3.63, 3.8) is 0 Å². The monoisotopic (exact) mass is 185 g/mol. The van der Waals surface area contributed by atoms with E-state index in [2.05, 4.69) is 15.2 Å². The van der Waals surface area contributed by atoms with E-state index in [1.807, 2.05) is 0 Å². The summed E-state index contributed by atoms with van der Waals surface area (Å²) in [6, 6.07) is 0. The number of carbonyl (C=O) groups excluding carboxylic acids is 1. The molecule has 0 saturated carbocycles. The summed E-state index contributed by atoms with van der Waals surface area (Å²) in [5, 5.41) is 5.88.